The standard InChI is InChI=1S/C20H11BrClN7/c21-16-11-27-29-19(16)15(8-23)18(14-5-1-2-6-17(14)22)28(12-24)20(29)26-10-13-4-3-7-25-9-13/h1-7,9,11H,10H2/p+1. The Bertz CT molecular complexity index is 1300. The number of halogens is 2. The van der Waals surface area contributed by atoms with Crippen molar-refractivity contribution < 1.29 is 4.57 Å². The fourth-order valence-corrected chi connectivity index (χ4v) is 3.77. The first-order chi connectivity index (χ1) is 14.2. The van der Waals surface area contributed by atoms with Crippen LogP contribution in [0.15, 0.2) is 59.5 Å². The van der Waals surface area contributed by atoms with E-state index in [1.165, 1.54) is 9.08 Å². The molecule has 4 aromatic rings. The van der Waals surface area contributed by atoms with E-state index in [1.807, 2.05) is 18.2 Å². The molecule has 9 heteroatoms. The van der Waals surface area contributed by atoms with E-state index in [2.05, 4.69) is 43.6 Å². The van der Waals surface area contributed by atoms with Crippen LogP contribution in [0.3, 0.4) is 0 Å². The first kappa shape index (κ1) is 18.9. The summed E-state index contributed by atoms with van der Waals surface area (Å²) >= 11 is 9.87. The molecule has 1 aromatic carbocycles. The molecule has 3 heterocycles. The molecule has 1 N–H and O–H groups in total. The Labute approximate surface area is 179 Å². The molecule has 140 valence electrons. The van der Waals surface area contributed by atoms with E-state index in [-0.39, 0.29) is 5.56 Å². The molecule has 0 aliphatic carbocycles. The van der Waals surface area contributed by atoms with Gasteiger partial charge in [0.1, 0.15) is 17.3 Å². The molecular formula is C20H12BrClN7+. The average molecular weight is 466 g/mol. The molecule has 29 heavy (non-hydrogen) atoms. The second-order valence-corrected chi connectivity index (χ2v) is 7.30. The SMILES string of the molecule is N#Cc1c(-c2ccccc2Cl)[n+](C#N)c(NCc2cccnc2)n2ncc(Br)c12. The van der Waals surface area contributed by atoms with Crippen molar-refractivity contribution in [3.05, 3.63) is 75.6 Å². The third kappa shape index (κ3) is 3.29. The van der Waals surface area contributed by atoms with Crippen molar-refractivity contribution in [3.8, 4) is 23.5 Å². The highest BCUT2D eigenvalue weighted by molar-refractivity contribution is 9.10. The predicted molar refractivity (Wildman–Crippen MR) is 111 cm³/mol. The third-order valence-corrected chi connectivity index (χ3v) is 5.26. The van der Waals surface area contributed by atoms with Crippen molar-refractivity contribution >= 4 is 39.0 Å². The van der Waals surface area contributed by atoms with Gasteiger partial charge in [0.25, 0.3) is 0 Å². The van der Waals surface area contributed by atoms with Crippen molar-refractivity contribution in [3.63, 3.8) is 0 Å². The number of fused-ring (bicyclic) bond motifs is 1. The van der Waals surface area contributed by atoms with E-state index in [0.717, 1.165) is 5.56 Å². The molecule has 0 unspecified atom stereocenters. The van der Waals surface area contributed by atoms with E-state index < -0.39 is 0 Å². The molecular weight excluding hydrogens is 454 g/mol. The number of aromatic nitrogens is 4. The number of nitrogens with zero attached hydrogens (tertiary/aromatic N) is 6. The van der Waals surface area contributed by atoms with E-state index in [4.69, 9.17) is 11.6 Å². The number of nitrogens with one attached hydrogen (secondary N) is 1. The minimum Gasteiger partial charge on any atom is -0.290 e. The lowest BCUT2D eigenvalue weighted by Gasteiger charge is -2.13. The van der Waals surface area contributed by atoms with Gasteiger partial charge in [0.15, 0.2) is 5.52 Å². The second-order valence-electron chi connectivity index (χ2n) is 6.04. The zero-order chi connectivity index (χ0) is 20.4. The van der Waals surface area contributed by atoms with Gasteiger partial charge in [-0.25, -0.2) is 0 Å². The quantitative estimate of drug-likeness (QED) is 0.461. The summed E-state index contributed by atoms with van der Waals surface area (Å²) in [7, 11) is 0. The molecule has 0 amide bonds. The van der Waals surface area contributed by atoms with Crippen LogP contribution < -0.4 is 9.88 Å². The molecule has 0 fully saturated rings. The highest BCUT2D eigenvalue weighted by Crippen LogP contribution is 2.33. The first-order valence-electron chi connectivity index (χ1n) is 8.48. The summed E-state index contributed by atoms with van der Waals surface area (Å²) in [5, 5.41) is 27.9. The maximum atomic E-state index is 9.99. The van der Waals surface area contributed by atoms with E-state index >= 15 is 0 Å². The molecule has 7 nitrogen and oxygen atoms in total. The molecule has 0 aliphatic rings. The summed E-state index contributed by atoms with van der Waals surface area (Å²) in [4.78, 5) is 4.11. The Morgan fingerprint density at radius 1 is 1.17 bits per heavy atom. The largest absolute Gasteiger partial charge is 0.354 e. The summed E-state index contributed by atoms with van der Waals surface area (Å²) in [5.41, 5.74) is 2.73. The zero-order valence-electron chi connectivity index (χ0n) is 14.8. The van der Waals surface area contributed by atoms with Gasteiger partial charge in [0.2, 0.25) is 0 Å². The van der Waals surface area contributed by atoms with Crippen LogP contribution in [-0.4, -0.2) is 14.6 Å². The van der Waals surface area contributed by atoms with Crippen molar-refractivity contribution in [1.29, 1.82) is 10.5 Å². The second kappa shape index (κ2) is 7.88. The third-order valence-electron chi connectivity index (χ3n) is 4.35. The molecule has 0 saturated carbocycles. The zero-order valence-corrected chi connectivity index (χ0v) is 17.2. The van der Waals surface area contributed by atoms with Crippen LogP contribution in [0.4, 0.5) is 5.95 Å². The van der Waals surface area contributed by atoms with E-state index in [9.17, 15) is 10.5 Å². The number of pyridine rings is 1. The molecule has 0 atom stereocenters. The summed E-state index contributed by atoms with van der Waals surface area (Å²) in [6, 6.07) is 13.1. The molecule has 0 radical (unpaired) electrons. The predicted octanol–water partition coefficient (Wildman–Crippen LogP) is 3.91. The van der Waals surface area contributed by atoms with Crippen LogP contribution in [-0.2, 0) is 6.54 Å². The minimum atomic E-state index is 0.288. The maximum Gasteiger partial charge on any atom is 0.354 e. The van der Waals surface area contributed by atoms with Gasteiger partial charge in [0.05, 0.1) is 22.2 Å². The Balaban J connectivity index is 2.02. The van der Waals surface area contributed by atoms with Gasteiger partial charge in [-0.2, -0.15) is 5.26 Å². The fraction of sp³-hybridized carbons (Fsp3) is 0.0500. The molecule has 0 bridgehead atoms. The van der Waals surface area contributed by atoms with E-state index in [1.54, 1.807) is 36.8 Å². The van der Waals surface area contributed by atoms with Gasteiger partial charge >= 0.3 is 12.1 Å². The Morgan fingerprint density at radius 3 is 2.69 bits per heavy atom. The van der Waals surface area contributed by atoms with Crippen molar-refractivity contribution in [2.24, 2.45) is 0 Å². The Morgan fingerprint density at radius 2 is 2.00 bits per heavy atom. The topological polar surface area (TPSA) is 93.7 Å². The van der Waals surface area contributed by atoms with Crippen LogP contribution in [0.2, 0.25) is 5.02 Å². The Kier molecular flexibility index (Phi) is 5.13. The molecule has 0 aliphatic heterocycles. The van der Waals surface area contributed by atoms with Gasteiger partial charge < -0.3 is 0 Å². The van der Waals surface area contributed by atoms with E-state index in [0.29, 0.717) is 38.8 Å². The van der Waals surface area contributed by atoms with Gasteiger partial charge in [-0.05, 0) is 33.3 Å². The van der Waals surface area contributed by atoms with Gasteiger partial charge in [-0.1, -0.05) is 35.9 Å². The molecule has 0 spiro atoms. The summed E-state index contributed by atoms with van der Waals surface area (Å²) in [6.45, 7) is 0.413. The van der Waals surface area contributed by atoms with Crippen molar-refractivity contribution in [1.82, 2.24) is 14.6 Å². The lowest BCUT2D eigenvalue weighted by atomic mass is 10.1. The maximum absolute atomic E-state index is 9.99. The number of rotatable bonds is 4. The molecule has 0 saturated heterocycles. The lowest BCUT2D eigenvalue weighted by Crippen LogP contribution is -2.39. The van der Waals surface area contributed by atoms with Crippen LogP contribution in [0.1, 0.15) is 11.1 Å². The number of anilines is 1. The van der Waals surface area contributed by atoms with Gasteiger partial charge in [0, 0.05) is 23.5 Å². The average Bonchev–Trinajstić information content (AvgIpc) is 3.13. The van der Waals surface area contributed by atoms with Crippen LogP contribution >= 0.6 is 27.5 Å². The lowest BCUT2D eigenvalue weighted by molar-refractivity contribution is -0.563. The van der Waals surface area contributed by atoms with Gasteiger partial charge in [-0.3, -0.25) is 10.3 Å². The van der Waals surface area contributed by atoms with Crippen LogP contribution in [0.5, 0.6) is 0 Å². The number of nitriles is 2. The highest BCUT2D eigenvalue weighted by Gasteiger charge is 2.29. The number of benzene rings is 1. The summed E-state index contributed by atoms with van der Waals surface area (Å²) in [6.07, 6.45) is 7.17. The minimum absolute atomic E-state index is 0.288. The smallest absolute Gasteiger partial charge is 0.290 e. The summed E-state index contributed by atoms with van der Waals surface area (Å²) in [5.74, 6) is 0.394. The summed E-state index contributed by atoms with van der Waals surface area (Å²) < 4.78 is 3.50. The monoisotopic (exact) mass is 464 g/mol. The normalized spacial score (nSPS) is 10.5. The van der Waals surface area contributed by atoms with Crippen LogP contribution in [0, 0.1) is 22.8 Å². The van der Waals surface area contributed by atoms with Crippen LogP contribution in [0.25, 0.3) is 16.8 Å². The fourth-order valence-electron chi connectivity index (χ4n) is 3.09. The number of hydrogen-bond acceptors (Lipinski definition) is 5. The Hall–Kier alpha value is -3.46. The van der Waals surface area contributed by atoms with Crippen molar-refractivity contribution in [2.75, 3.05) is 5.32 Å². The highest BCUT2D eigenvalue weighted by atomic mass is 79.9. The molecule has 3 aromatic heterocycles. The molecule has 4 rings (SSSR count). The number of hydrogen-bond donors (Lipinski definition) is 1. The van der Waals surface area contributed by atoms with Gasteiger partial charge in [-0.15, -0.1) is 14.2 Å². The first-order valence-corrected chi connectivity index (χ1v) is 9.66. The van der Waals surface area contributed by atoms with Crippen molar-refractivity contribution in [2.45, 2.75) is 6.54 Å².